The second-order valence-electron chi connectivity index (χ2n) is 4.49. The third-order valence-corrected chi connectivity index (χ3v) is 3.21. The second kappa shape index (κ2) is 4.31. The number of aliphatic hydroxyl groups excluding tert-OH is 1. The number of rotatable bonds is 5. The summed E-state index contributed by atoms with van der Waals surface area (Å²) in [5.41, 5.74) is 1.91. The normalized spacial score (nSPS) is 18.1. The summed E-state index contributed by atoms with van der Waals surface area (Å²) in [4.78, 5) is 0. The van der Waals surface area contributed by atoms with Gasteiger partial charge in [0.15, 0.2) is 0 Å². The van der Waals surface area contributed by atoms with Crippen LogP contribution in [0, 0.1) is 5.92 Å². The molecule has 1 aromatic heterocycles. The van der Waals surface area contributed by atoms with E-state index in [4.69, 9.17) is 0 Å². The number of aromatic nitrogens is 3. The average Bonchev–Trinajstić information content (AvgIpc) is 2.97. The van der Waals surface area contributed by atoms with Gasteiger partial charge in [-0.2, -0.15) is 0 Å². The SMILES string of the molecule is CCC(C)n1nnc(CO)c1CC1CC1. The summed E-state index contributed by atoms with van der Waals surface area (Å²) in [6.07, 6.45) is 4.71. The molecule has 1 N–H and O–H groups in total. The topological polar surface area (TPSA) is 50.9 Å². The van der Waals surface area contributed by atoms with Crippen LogP contribution in [0.4, 0.5) is 0 Å². The summed E-state index contributed by atoms with van der Waals surface area (Å²) in [5.74, 6) is 0.802. The quantitative estimate of drug-likeness (QED) is 0.803. The van der Waals surface area contributed by atoms with E-state index in [2.05, 4.69) is 24.2 Å². The first kappa shape index (κ1) is 10.6. The lowest BCUT2D eigenvalue weighted by Gasteiger charge is -2.12. The molecule has 84 valence electrons. The zero-order valence-corrected chi connectivity index (χ0v) is 9.48. The van der Waals surface area contributed by atoms with E-state index >= 15 is 0 Å². The van der Waals surface area contributed by atoms with Crippen molar-refractivity contribution < 1.29 is 5.11 Å². The van der Waals surface area contributed by atoms with Crippen LogP contribution in [0.25, 0.3) is 0 Å². The van der Waals surface area contributed by atoms with Crippen LogP contribution in [0.5, 0.6) is 0 Å². The molecule has 1 aliphatic carbocycles. The average molecular weight is 209 g/mol. The van der Waals surface area contributed by atoms with Crippen LogP contribution >= 0.6 is 0 Å². The fraction of sp³-hybridized carbons (Fsp3) is 0.818. The number of hydrogen-bond acceptors (Lipinski definition) is 3. The van der Waals surface area contributed by atoms with Crippen LogP contribution in [-0.4, -0.2) is 20.1 Å². The van der Waals surface area contributed by atoms with Gasteiger partial charge in [0.1, 0.15) is 5.69 Å². The van der Waals surface area contributed by atoms with Crippen LogP contribution in [0.3, 0.4) is 0 Å². The molecule has 0 amide bonds. The minimum Gasteiger partial charge on any atom is -0.390 e. The van der Waals surface area contributed by atoms with E-state index in [1.54, 1.807) is 0 Å². The lowest BCUT2D eigenvalue weighted by Crippen LogP contribution is -2.11. The predicted molar refractivity (Wildman–Crippen MR) is 57.4 cm³/mol. The van der Waals surface area contributed by atoms with Gasteiger partial charge in [0, 0.05) is 0 Å². The summed E-state index contributed by atoms with van der Waals surface area (Å²) in [5, 5.41) is 17.4. The van der Waals surface area contributed by atoms with Crippen molar-refractivity contribution in [2.45, 2.75) is 52.2 Å². The van der Waals surface area contributed by atoms with Crippen molar-refractivity contribution in [2.24, 2.45) is 5.92 Å². The van der Waals surface area contributed by atoms with Gasteiger partial charge in [-0.25, -0.2) is 4.68 Å². The van der Waals surface area contributed by atoms with Crippen molar-refractivity contribution in [3.05, 3.63) is 11.4 Å². The zero-order chi connectivity index (χ0) is 10.8. The molecule has 1 aliphatic rings. The van der Waals surface area contributed by atoms with Gasteiger partial charge in [0.05, 0.1) is 18.3 Å². The molecule has 4 heteroatoms. The molecule has 1 fully saturated rings. The number of hydrogen-bond donors (Lipinski definition) is 1. The molecule has 1 aromatic rings. The molecule has 0 aliphatic heterocycles. The van der Waals surface area contributed by atoms with Crippen LogP contribution in [0.2, 0.25) is 0 Å². The Hall–Kier alpha value is -0.900. The summed E-state index contributed by atoms with van der Waals surface area (Å²) in [6.45, 7) is 4.30. The summed E-state index contributed by atoms with van der Waals surface area (Å²) in [6, 6.07) is 0.381. The van der Waals surface area contributed by atoms with E-state index in [1.807, 2.05) is 4.68 Å². The predicted octanol–water partition coefficient (Wildman–Crippen LogP) is 1.69. The first-order valence-corrected chi connectivity index (χ1v) is 5.80. The van der Waals surface area contributed by atoms with Crippen molar-refractivity contribution in [2.75, 3.05) is 0 Å². The van der Waals surface area contributed by atoms with Gasteiger partial charge in [-0.05, 0) is 38.5 Å². The molecule has 1 unspecified atom stereocenters. The van der Waals surface area contributed by atoms with Crippen molar-refractivity contribution in [3.8, 4) is 0 Å². The van der Waals surface area contributed by atoms with Gasteiger partial charge >= 0.3 is 0 Å². The van der Waals surface area contributed by atoms with E-state index in [1.165, 1.54) is 12.8 Å². The molecule has 0 bridgehead atoms. The maximum Gasteiger partial charge on any atom is 0.111 e. The smallest absolute Gasteiger partial charge is 0.111 e. The Morgan fingerprint density at radius 2 is 2.27 bits per heavy atom. The van der Waals surface area contributed by atoms with Gasteiger partial charge in [-0.1, -0.05) is 12.1 Å². The largest absolute Gasteiger partial charge is 0.390 e. The Morgan fingerprint density at radius 1 is 1.53 bits per heavy atom. The minimum absolute atomic E-state index is 0.0124. The van der Waals surface area contributed by atoms with E-state index in [0.29, 0.717) is 6.04 Å². The highest BCUT2D eigenvalue weighted by molar-refractivity contribution is 5.12. The Bertz CT molecular complexity index is 331. The van der Waals surface area contributed by atoms with Crippen LogP contribution in [0.1, 0.15) is 50.5 Å². The molecule has 1 heterocycles. The Balaban J connectivity index is 2.23. The fourth-order valence-corrected chi connectivity index (χ4v) is 1.80. The van der Waals surface area contributed by atoms with E-state index < -0.39 is 0 Å². The molecule has 0 saturated heterocycles. The summed E-state index contributed by atoms with van der Waals surface area (Å²) >= 11 is 0. The molecule has 1 atom stereocenters. The zero-order valence-electron chi connectivity index (χ0n) is 9.48. The monoisotopic (exact) mass is 209 g/mol. The van der Waals surface area contributed by atoms with Gasteiger partial charge in [0.2, 0.25) is 0 Å². The van der Waals surface area contributed by atoms with Crippen molar-refractivity contribution in [3.63, 3.8) is 0 Å². The van der Waals surface area contributed by atoms with E-state index in [0.717, 1.165) is 30.1 Å². The summed E-state index contributed by atoms with van der Waals surface area (Å²) < 4.78 is 1.99. The Kier molecular flexibility index (Phi) is 3.05. The standard InChI is InChI=1S/C11H19N3O/c1-3-8(2)14-11(6-9-4-5-9)10(7-15)12-13-14/h8-9,15H,3-7H2,1-2H3. The van der Waals surface area contributed by atoms with Crippen molar-refractivity contribution in [1.29, 1.82) is 0 Å². The number of aliphatic hydroxyl groups is 1. The third-order valence-electron chi connectivity index (χ3n) is 3.21. The van der Waals surface area contributed by atoms with Crippen molar-refractivity contribution >= 4 is 0 Å². The molecule has 0 spiro atoms. The Labute approximate surface area is 90.3 Å². The van der Waals surface area contributed by atoms with Gasteiger partial charge in [-0.15, -0.1) is 5.10 Å². The summed E-state index contributed by atoms with van der Waals surface area (Å²) in [7, 11) is 0. The second-order valence-corrected chi connectivity index (χ2v) is 4.49. The molecule has 2 rings (SSSR count). The fourth-order valence-electron chi connectivity index (χ4n) is 1.80. The molecule has 15 heavy (non-hydrogen) atoms. The minimum atomic E-state index is 0.0124. The van der Waals surface area contributed by atoms with Gasteiger partial charge in [-0.3, -0.25) is 0 Å². The number of nitrogens with zero attached hydrogens (tertiary/aromatic N) is 3. The highest BCUT2D eigenvalue weighted by atomic mass is 16.3. The van der Waals surface area contributed by atoms with E-state index in [-0.39, 0.29) is 6.61 Å². The highest BCUT2D eigenvalue weighted by Gasteiger charge is 2.26. The first-order valence-electron chi connectivity index (χ1n) is 5.80. The molecule has 0 radical (unpaired) electrons. The lowest BCUT2D eigenvalue weighted by molar-refractivity contribution is 0.275. The third kappa shape index (κ3) is 2.20. The first-order chi connectivity index (χ1) is 7.26. The molecular weight excluding hydrogens is 190 g/mol. The maximum atomic E-state index is 9.20. The molecule has 1 saturated carbocycles. The lowest BCUT2D eigenvalue weighted by atomic mass is 10.1. The molecule has 4 nitrogen and oxygen atoms in total. The van der Waals surface area contributed by atoms with Crippen molar-refractivity contribution in [1.82, 2.24) is 15.0 Å². The van der Waals surface area contributed by atoms with Crippen LogP contribution in [-0.2, 0) is 13.0 Å². The Morgan fingerprint density at radius 3 is 2.80 bits per heavy atom. The van der Waals surface area contributed by atoms with Gasteiger partial charge < -0.3 is 5.11 Å². The van der Waals surface area contributed by atoms with Crippen LogP contribution in [0.15, 0.2) is 0 Å². The molecular formula is C11H19N3O. The highest BCUT2D eigenvalue weighted by Crippen LogP contribution is 2.33. The van der Waals surface area contributed by atoms with E-state index in [9.17, 15) is 5.11 Å². The van der Waals surface area contributed by atoms with Crippen LogP contribution < -0.4 is 0 Å². The molecule has 0 aromatic carbocycles. The van der Waals surface area contributed by atoms with Gasteiger partial charge in [0.25, 0.3) is 0 Å². The maximum absolute atomic E-state index is 9.20.